The Morgan fingerprint density at radius 2 is 1.81 bits per heavy atom. The van der Waals surface area contributed by atoms with Crippen LogP contribution in [0.5, 0.6) is 11.5 Å². The lowest BCUT2D eigenvalue weighted by Gasteiger charge is -2.25. The van der Waals surface area contributed by atoms with Gasteiger partial charge >= 0.3 is 23.3 Å². The van der Waals surface area contributed by atoms with E-state index in [1.54, 1.807) is 4.57 Å². The molecule has 1 N–H and O–H groups in total. The molecule has 1 aromatic carbocycles. The van der Waals surface area contributed by atoms with Crippen LogP contribution in [0.2, 0.25) is 0 Å². The number of aliphatic carboxylic acids is 1. The molecule has 0 bridgehead atoms. The van der Waals surface area contributed by atoms with Crippen molar-refractivity contribution in [2.75, 3.05) is 19.9 Å². The number of hydrogen-bond donors (Lipinski definition) is 1. The zero-order valence-corrected chi connectivity index (χ0v) is 19.2. The van der Waals surface area contributed by atoms with E-state index < -0.39 is 23.3 Å². The third-order valence-corrected chi connectivity index (χ3v) is 7.17. The van der Waals surface area contributed by atoms with Crippen molar-refractivity contribution in [2.24, 2.45) is 11.8 Å². The highest BCUT2D eigenvalue weighted by Crippen LogP contribution is 2.39. The van der Waals surface area contributed by atoms with Crippen molar-refractivity contribution in [3.8, 4) is 11.5 Å². The van der Waals surface area contributed by atoms with E-state index in [4.69, 9.17) is 19.4 Å². The minimum atomic E-state index is -5.08. The summed E-state index contributed by atoms with van der Waals surface area (Å²) in [5.41, 5.74) is 0.332. The first kappa shape index (κ1) is 24.3. The first-order valence-electron chi connectivity index (χ1n) is 11.7. The molecule has 1 saturated carbocycles. The summed E-state index contributed by atoms with van der Waals surface area (Å²) < 4.78 is 45.7. The van der Waals surface area contributed by atoms with Crippen LogP contribution in [-0.4, -0.2) is 56.4 Å². The van der Waals surface area contributed by atoms with Gasteiger partial charge in [0.05, 0.1) is 0 Å². The molecule has 0 radical (unpaired) electrons. The van der Waals surface area contributed by atoms with Crippen LogP contribution in [0.1, 0.15) is 36.6 Å². The van der Waals surface area contributed by atoms with Gasteiger partial charge in [0, 0.05) is 44.6 Å². The van der Waals surface area contributed by atoms with Gasteiger partial charge in [0.2, 0.25) is 6.79 Å². The summed E-state index contributed by atoms with van der Waals surface area (Å²) in [6, 6.07) is 6.09. The number of rotatable bonds is 4. The van der Waals surface area contributed by atoms with Gasteiger partial charge in [-0.05, 0) is 36.5 Å². The van der Waals surface area contributed by atoms with Gasteiger partial charge < -0.3 is 14.6 Å². The van der Waals surface area contributed by atoms with Crippen LogP contribution in [-0.2, 0) is 24.4 Å². The Morgan fingerprint density at radius 3 is 2.47 bits per heavy atom. The maximum atomic E-state index is 12.6. The minimum absolute atomic E-state index is 0.213. The average Bonchev–Trinajstić information content (AvgIpc) is 3.48. The first-order chi connectivity index (χ1) is 17.1. The van der Waals surface area contributed by atoms with Crippen molar-refractivity contribution in [1.29, 1.82) is 0 Å². The third kappa shape index (κ3) is 4.71. The molecule has 0 spiro atoms. The summed E-state index contributed by atoms with van der Waals surface area (Å²) in [5.74, 6) is 0.688. The van der Waals surface area contributed by atoms with Crippen molar-refractivity contribution in [3.05, 3.63) is 50.3 Å². The molecule has 2 fully saturated rings. The quantitative estimate of drug-likeness (QED) is 0.620. The van der Waals surface area contributed by atoms with Gasteiger partial charge in [-0.3, -0.25) is 19.1 Å². The summed E-state index contributed by atoms with van der Waals surface area (Å²) in [6.45, 7) is 4.05. The molecule has 3 aliphatic heterocycles. The largest absolute Gasteiger partial charge is 0.490 e. The molecule has 0 amide bonds. The van der Waals surface area contributed by atoms with Gasteiger partial charge in [-0.25, -0.2) is 9.48 Å². The standard InChI is InChI=1S/C21H24N4O4.C2HF3O2/c26-20-21(27)25(8-13-2-1-3-13)22-19-16-11-23(9-15(16)10-24(19)20)7-14-4-5-17-18(6-14)29-12-28-17;3-2(4,5)1(6)7/h4-6,13,15-16H,1-3,7-12H2;(H,6,7). The summed E-state index contributed by atoms with van der Waals surface area (Å²) in [5, 5.41) is 11.8. The number of benzene rings is 1. The fourth-order valence-corrected chi connectivity index (χ4v) is 5.15. The SMILES string of the molecule is O=C(O)C(F)(F)F.O=c1c(=O)n2c(nn1CC1CCC1)C1CN(Cc3ccc4c(c3)OCO4)CC1C2. The van der Waals surface area contributed by atoms with Crippen molar-refractivity contribution in [1.82, 2.24) is 19.2 Å². The lowest BCUT2D eigenvalue weighted by molar-refractivity contribution is -0.192. The number of aromatic nitrogens is 3. The fourth-order valence-electron chi connectivity index (χ4n) is 5.15. The number of likely N-dealkylation sites (tertiary alicyclic amines) is 1. The van der Waals surface area contributed by atoms with E-state index in [0.717, 1.165) is 49.8 Å². The normalized spacial score (nSPS) is 22.4. The van der Waals surface area contributed by atoms with E-state index in [1.165, 1.54) is 16.7 Å². The van der Waals surface area contributed by atoms with E-state index in [-0.39, 0.29) is 12.7 Å². The zero-order valence-electron chi connectivity index (χ0n) is 19.2. The first-order valence-corrected chi connectivity index (χ1v) is 11.7. The number of fused-ring (bicyclic) bond motifs is 4. The second kappa shape index (κ2) is 9.26. The molecule has 4 aliphatic rings. The molecule has 1 aromatic heterocycles. The highest BCUT2D eigenvalue weighted by atomic mass is 19.4. The maximum absolute atomic E-state index is 12.6. The molecular formula is C23H25F3N4O6. The van der Waals surface area contributed by atoms with Crippen molar-refractivity contribution < 1.29 is 32.5 Å². The van der Waals surface area contributed by atoms with Crippen LogP contribution in [0.3, 0.4) is 0 Å². The Balaban J connectivity index is 0.000000338. The number of carboxylic acids is 1. The molecular weight excluding hydrogens is 485 g/mol. The second-order valence-electron chi connectivity index (χ2n) is 9.61. The molecule has 4 heterocycles. The third-order valence-electron chi connectivity index (χ3n) is 7.17. The molecule has 194 valence electrons. The molecule has 2 aromatic rings. The number of hydrogen-bond acceptors (Lipinski definition) is 7. The van der Waals surface area contributed by atoms with Crippen LogP contribution >= 0.6 is 0 Å². The predicted octanol–water partition coefficient (Wildman–Crippen LogP) is 1.80. The monoisotopic (exact) mass is 510 g/mol. The second-order valence-corrected chi connectivity index (χ2v) is 9.61. The number of alkyl halides is 3. The van der Waals surface area contributed by atoms with Crippen LogP contribution in [0.25, 0.3) is 0 Å². The smallest absolute Gasteiger partial charge is 0.475 e. The number of ether oxygens (including phenoxy) is 2. The van der Waals surface area contributed by atoms with Gasteiger partial charge in [-0.2, -0.15) is 18.3 Å². The number of halogens is 3. The highest BCUT2D eigenvalue weighted by Gasteiger charge is 2.43. The molecule has 1 saturated heterocycles. The van der Waals surface area contributed by atoms with E-state index in [2.05, 4.69) is 16.1 Å². The molecule has 10 nitrogen and oxygen atoms in total. The highest BCUT2D eigenvalue weighted by molar-refractivity contribution is 5.73. The molecule has 13 heteroatoms. The fraction of sp³-hybridized carbons (Fsp3) is 0.565. The Morgan fingerprint density at radius 1 is 1.08 bits per heavy atom. The number of nitrogens with zero attached hydrogens (tertiary/aromatic N) is 4. The average molecular weight is 510 g/mol. The van der Waals surface area contributed by atoms with Crippen LogP contribution in [0.4, 0.5) is 13.2 Å². The molecule has 6 rings (SSSR count). The van der Waals surface area contributed by atoms with Gasteiger partial charge in [0.1, 0.15) is 5.82 Å². The van der Waals surface area contributed by atoms with Gasteiger partial charge in [0.25, 0.3) is 0 Å². The van der Waals surface area contributed by atoms with Crippen molar-refractivity contribution in [2.45, 2.75) is 51.0 Å². The van der Waals surface area contributed by atoms with E-state index in [9.17, 15) is 22.8 Å². The van der Waals surface area contributed by atoms with Crippen LogP contribution < -0.4 is 20.6 Å². The Kier molecular flexibility index (Phi) is 6.27. The summed E-state index contributed by atoms with van der Waals surface area (Å²) in [4.78, 5) is 36.4. The van der Waals surface area contributed by atoms with Crippen LogP contribution in [0.15, 0.2) is 27.8 Å². The molecule has 2 atom stereocenters. The number of carbonyl (C=O) groups is 1. The van der Waals surface area contributed by atoms with E-state index >= 15 is 0 Å². The molecule has 36 heavy (non-hydrogen) atoms. The summed E-state index contributed by atoms with van der Waals surface area (Å²) in [6.07, 6.45) is -1.62. The van der Waals surface area contributed by atoms with Gasteiger partial charge in [-0.15, -0.1) is 0 Å². The maximum Gasteiger partial charge on any atom is 0.490 e. The topological polar surface area (TPSA) is 116 Å². The zero-order chi connectivity index (χ0) is 25.6. The lowest BCUT2D eigenvalue weighted by Crippen LogP contribution is -2.45. The van der Waals surface area contributed by atoms with Crippen molar-refractivity contribution in [3.63, 3.8) is 0 Å². The molecule has 2 unspecified atom stereocenters. The van der Waals surface area contributed by atoms with Crippen LogP contribution in [0, 0.1) is 11.8 Å². The summed E-state index contributed by atoms with van der Waals surface area (Å²) in [7, 11) is 0. The van der Waals surface area contributed by atoms with E-state index in [0.29, 0.717) is 24.9 Å². The van der Waals surface area contributed by atoms with Crippen molar-refractivity contribution >= 4 is 5.97 Å². The lowest BCUT2D eigenvalue weighted by atomic mass is 9.85. The Labute approximate surface area is 202 Å². The Hall–Kier alpha value is -3.35. The van der Waals surface area contributed by atoms with Gasteiger partial charge in [-0.1, -0.05) is 12.5 Å². The van der Waals surface area contributed by atoms with E-state index in [1.807, 2.05) is 12.1 Å². The number of carboxylic acid groups (broad SMARTS) is 1. The minimum Gasteiger partial charge on any atom is -0.475 e. The summed E-state index contributed by atoms with van der Waals surface area (Å²) >= 11 is 0. The molecule has 1 aliphatic carbocycles. The predicted molar refractivity (Wildman–Crippen MR) is 118 cm³/mol. The Bertz CT molecular complexity index is 1290. The van der Waals surface area contributed by atoms with Gasteiger partial charge in [0.15, 0.2) is 11.5 Å².